The molecule has 3 aromatic rings. The summed E-state index contributed by atoms with van der Waals surface area (Å²) in [5.74, 6) is 1.48. The normalized spacial score (nSPS) is 19.4. The second kappa shape index (κ2) is 17.3. The first-order chi connectivity index (χ1) is 26.7. The van der Waals surface area contributed by atoms with Crippen molar-refractivity contribution in [2.45, 2.75) is 51.1 Å². The summed E-state index contributed by atoms with van der Waals surface area (Å²) in [7, 11) is 4.99. The number of benzene rings is 2. The molecule has 7 rings (SSSR count). The molecule has 13 heteroatoms. The first-order valence-corrected chi connectivity index (χ1v) is 19.5. The predicted molar refractivity (Wildman–Crippen MR) is 211 cm³/mol. The van der Waals surface area contributed by atoms with Crippen LogP contribution in [0.25, 0.3) is 11.1 Å². The molecule has 0 saturated carbocycles. The average molecular weight is 752 g/mol. The number of nitrogens with one attached hydrogen (secondary N) is 2. The molecule has 0 bridgehead atoms. The number of aromatic nitrogens is 1. The number of pyridine rings is 1. The summed E-state index contributed by atoms with van der Waals surface area (Å²) in [6.45, 7) is 8.38. The molecule has 0 spiro atoms. The molecular weight excluding hydrogens is 699 g/mol. The van der Waals surface area contributed by atoms with Gasteiger partial charge in [0.1, 0.15) is 11.5 Å². The van der Waals surface area contributed by atoms with Crippen molar-refractivity contribution in [1.29, 1.82) is 0 Å². The molecule has 5 heterocycles. The van der Waals surface area contributed by atoms with E-state index in [2.05, 4.69) is 49.7 Å². The first kappa shape index (κ1) is 38.4. The van der Waals surface area contributed by atoms with Crippen molar-refractivity contribution >= 4 is 23.9 Å². The first-order valence-electron chi connectivity index (χ1n) is 19.5. The number of methoxy groups -OCH3 is 2. The van der Waals surface area contributed by atoms with E-state index >= 15 is 0 Å². The molecule has 0 radical (unpaired) electrons. The maximum absolute atomic E-state index is 13.2. The third-order valence-electron chi connectivity index (χ3n) is 11.8. The van der Waals surface area contributed by atoms with Crippen molar-refractivity contribution in [2.24, 2.45) is 18.0 Å². The van der Waals surface area contributed by atoms with E-state index in [1.165, 1.54) is 5.56 Å². The summed E-state index contributed by atoms with van der Waals surface area (Å²) in [6, 6.07) is 12.6. The van der Waals surface area contributed by atoms with E-state index in [-0.39, 0.29) is 35.7 Å². The highest BCUT2D eigenvalue weighted by Gasteiger charge is 2.28. The van der Waals surface area contributed by atoms with Gasteiger partial charge in [0.05, 0.1) is 27.3 Å². The highest BCUT2D eigenvalue weighted by atomic mass is 16.5. The zero-order valence-electron chi connectivity index (χ0n) is 32.3. The zero-order valence-corrected chi connectivity index (χ0v) is 32.3. The summed E-state index contributed by atoms with van der Waals surface area (Å²) < 4.78 is 13.2. The summed E-state index contributed by atoms with van der Waals surface area (Å²) in [5, 5.41) is 5.78. The summed E-state index contributed by atoms with van der Waals surface area (Å²) >= 11 is 0. The smallest absolute Gasteiger partial charge is 0.256 e. The molecule has 0 aliphatic carbocycles. The molecule has 1 aromatic heterocycles. The van der Waals surface area contributed by atoms with Gasteiger partial charge in [0.15, 0.2) is 0 Å². The molecule has 2 N–H and O–H groups in total. The maximum Gasteiger partial charge on any atom is 0.256 e. The lowest BCUT2D eigenvalue weighted by molar-refractivity contribution is -0.136. The van der Waals surface area contributed by atoms with Crippen LogP contribution in [0.15, 0.2) is 52.4 Å². The molecule has 4 aliphatic rings. The van der Waals surface area contributed by atoms with E-state index in [1.54, 1.807) is 32.0 Å². The highest BCUT2D eigenvalue weighted by molar-refractivity contribution is 5.98. The topological polar surface area (TPSA) is 138 Å². The van der Waals surface area contributed by atoms with Crippen molar-refractivity contribution in [1.82, 2.24) is 29.9 Å². The summed E-state index contributed by atoms with van der Waals surface area (Å²) in [5.41, 5.74) is 6.57. The van der Waals surface area contributed by atoms with Gasteiger partial charge in [-0.1, -0.05) is 24.3 Å². The monoisotopic (exact) mass is 751 g/mol. The number of piperazine rings is 1. The standard InChI is InChI=1S/C42H53N7O6/c1-46-27-36(33-23-43-24-34(33)42(46)53)32-21-37(54-2)35(38(22-32)55-3)25-44-26-40(51)49-18-16-48(17-19-49)15-14-47-12-10-30(11-13-47)29-6-4-28(5-7-29)20-31-8-9-39(50)45-41(31)52/h4-7,21-23,27,30-31,44H,8-20,24-26H2,1-3H3,(H,45,50,52). The van der Waals surface area contributed by atoms with Crippen molar-refractivity contribution in [2.75, 3.05) is 73.1 Å². The Balaban J connectivity index is 0.826. The number of carbonyl (C=O) groups excluding carboxylic acids is 3. The van der Waals surface area contributed by atoms with Crippen LogP contribution in [-0.2, 0) is 40.9 Å². The van der Waals surface area contributed by atoms with Crippen LogP contribution in [-0.4, -0.2) is 116 Å². The van der Waals surface area contributed by atoms with Crippen LogP contribution >= 0.6 is 0 Å². The van der Waals surface area contributed by atoms with Gasteiger partial charge in [0.25, 0.3) is 5.56 Å². The van der Waals surface area contributed by atoms with E-state index in [1.807, 2.05) is 23.2 Å². The van der Waals surface area contributed by atoms with Gasteiger partial charge >= 0.3 is 0 Å². The molecule has 1 unspecified atom stereocenters. The number of fused-ring (bicyclic) bond motifs is 1. The largest absolute Gasteiger partial charge is 0.496 e. The van der Waals surface area contributed by atoms with Crippen LogP contribution in [0.5, 0.6) is 11.5 Å². The van der Waals surface area contributed by atoms with Gasteiger partial charge in [-0.3, -0.25) is 34.4 Å². The third-order valence-corrected chi connectivity index (χ3v) is 11.8. The number of hydrogen-bond acceptors (Lipinski definition) is 10. The molecule has 1 atom stereocenters. The van der Waals surface area contributed by atoms with E-state index in [4.69, 9.17) is 9.47 Å². The number of carbonyl (C=O) groups is 3. The Bertz CT molecular complexity index is 1950. The Kier molecular flexibility index (Phi) is 12.1. The van der Waals surface area contributed by atoms with Gasteiger partial charge < -0.3 is 29.2 Å². The third kappa shape index (κ3) is 8.84. The Morgan fingerprint density at radius 1 is 0.909 bits per heavy atom. The minimum absolute atomic E-state index is 0.0411. The van der Waals surface area contributed by atoms with Crippen LogP contribution in [0.4, 0.5) is 0 Å². The van der Waals surface area contributed by atoms with Gasteiger partial charge in [-0.2, -0.15) is 0 Å². The van der Waals surface area contributed by atoms with Gasteiger partial charge in [-0.25, -0.2) is 0 Å². The lowest BCUT2D eigenvalue weighted by atomic mass is 9.87. The SMILES string of the molecule is COc1cc(-c2cn(C)c(=O)c3c2C=NC3)cc(OC)c1CNCC(=O)N1CCN(CCN2CCC(c3ccc(CC4CCC(=O)NC4=O)cc3)CC2)CC1. The molecule has 3 amide bonds. The summed E-state index contributed by atoms with van der Waals surface area (Å²) in [6.07, 6.45) is 7.58. The molecule has 3 fully saturated rings. The Hall–Kier alpha value is -4.85. The zero-order chi connectivity index (χ0) is 38.5. The molecule has 4 aliphatic heterocycles. The predicted octanol–water partition coefficient (Wildman–Crippen LogP) is 2.71. The number of piperidine rings is 2. The van der Waals surface area contributed by atoms with E-state index in [0.717, 1.165) is 93.0 Å². The Morgan fingerprint density at radius 2 is 1.58 bits per heavy atom. The molecule has 55 heavy (non-hydrogen) atoms. The summed E-state index contributed by atoms with van der Waals surface area (Å²) in [4.78, 5) is 60.7. The maximum atomic E-state index is 13.2. The minimum Gasteiger partial charge on any atom is -0.496 e. The van der Waals surface area contributed by atoms with Crippen LogP contribution < -0.4 is 25.7 Å². The fourth-order valence-corrected chi connectivity index (χ4v) is 8.43. The van der Waals surface area contributed by atoms with Gasteiger partial charge in [-0.05, 0) is 73.5 Å². The lowest BCUT2D eigenvalue weighted by Gasteiger charge is -2.37. The van der Waals surface area contributed by atoms with Gasteiger partial charge in [0.2, 0.25) is 17.7 Å². The quantitative estimate of drug-likeness (QED) is 0.253. The van der Waals surface area contributed by atoms with E-state index in [0.29, 0.717) is 55.3 Å². The minimum atomic E-state index is -0.165. The Labute approximate surface area is 322 Å². The number of aliphatic imine (C=N–C) groups is 1. The second-order valence-electron chi connectivity index (χ2n) is 15.2. The Morgan fingerprint density at radius 3 is 2.24 bits per heavy atom. The van der Waals surface area contributed by atoms with Crippen LogP contribution in [0.2, 0.25) is 0 Å². The van der Waals surface area contributed by atoms with Crippen LogP contribution in [0.1, 0.15) is 59.4 Å². The van der Waals surface area contributed by atoms with E-state index < -0.39 is 0 Å². The van der Waals surface area contributed by atoms with Crippen molar-refractivity contribution in [3.63, 3.8) is 0 Å². The average Bonchev–Trinajstić information content (AvgIpc) is 3.71. The number of rotatable bonds is 13. The van der Waals surface area contributed by atoms with Crippen LogP contribution in [0.3, 0.4) is 0 Å². The molecular formula is C42H53N7O6. The molecule has 13 nitrogen and oxygen atoms in total. The fourth-order valence-electron chi connectivity index (χ4n) is 8.43. The van der Waals surface area contributed by atoms with E-state index in [9.17, 15) is 19.2 Å². The molecule has 292 valence electrons. The van der Waals surface area contributed by atoms with Crippen molar-refractivity contribution in [3.05, 3.63) is 80.8 Å². The number of aryl methyl sites for hydroxylation is 1. The second-order valence-corrected chi connectivity index (χ2v) is 15.2. The van der Waals surface area contributed by atoms with Gasteiger partial charge in [-0.15, -0.1) is 0 Å². The fraction of sp³-hybridized carbons (Fsp3) is 0.500. The number of ether oxygens (including phenoxy) is 2. The van der Waals surface area contributed by atoms with Gasteiger partial charge in [0, 0.05) is 99.9 Å². The number of nitrogens with zero attached hydrogens (tertiary/aromatic N) is 5. The number of likely N-dealkylation sites (tertiary alicyclic amines) is 1. The molecule has 2 aromatic carbocycles. The highest BCUT2D eigenvalue weighted by Crippen LogP contribution is 2.37. The number of amides is 3. The van der Waals surface area contributed by atoms with Crippen molar-refractivity contribution in [3.8, 4) is 22.6 Å². The molecule has 3 saturated heterocycles. The van der Waals surface area contributed by atoms with Crippen molar-refractivity contribution < 1.29 is 23.9 Å². The lowest BCUT2D eigenvalue weighted by Crippen LogP contribution is -2.52. The number of imide groups is 1. The van der Waals surface area contributed by atoms with Crippen LogP contribution in [0, 0.1) is 5.92 Å². The number of hydrogen-bond donors (Lipinski definition) is 2.